The third-order valence-corrected chi connectivity index (χ3v) is 2.83. The van der Waals surface area contributed by atoms with Gasteiger partial charge >= 0.3 is 0 Å². The van der Waals surface area contributed by atoms with Gasteiger partial charge in [-0.2, -0.15) is 0 Å². The standard InChI is InChI=1S/C9H16ClN3O4/c10-2-1-9(14)12-5-3-11(4-6-12)7-8-17-13(15)16/h1-8H2. The van der Waals surface area contributed by atoms with Gasteiger partial charge in [0.1, 0.15) is 6.61 Å². The summed E-state index contributed by atoms with van der Waals surface area (Å²) in [6, 6.07) is 0. The number of nitrogens with zero attached hydrogens (tertiary/aromatic N) is 3. The number of hydrogen-bond donors (Lipinski definition) is 0. The van der Waals surface area contributed by atoms with E-state index in [1.807, 2.05) is 4.90 Å². The molecule has 0 saturated carbocycles. The number of carbonyl (C=O) groups excluding carboxylic acids is 1. The molecular weight excluding hydrogens is 250 g/mol. The van der Waals surface area contributed by atoms with E-state index < -0.39 is 5.09 Å². The number of rotatable bonds is 6. The van der Waals surface area contributed by atoms with Crippen LogP contribution in [0, 0.1) is 10.1 Å². The molecule has 0 bridgehead atoms. The highest BCUT2D eigenvalue weighted by atomic mass is 35.5. The molecule has 0 radical (unpaired) electrons. The lowest BCUT2D eigenvalue weighted by Crippen LogP contribution is -2.49. The topological polar surface area (TPSA) is 75.9 Å². The van der Waals surface area contributed by atoms with Gasteiger partial charge in [-0.1, -0.05) is 0 Å². The Kier molecular flexibility index (Phi) is 5.99. The number of halogens is 1. The molecule has 0 aromatic heterocycles. The first-order valence-electron chi connectivity index (χ1n) is 5.47. The van der Waals surface area contributed by atoms with Crippen molar-refractivity contribution in [1.29, 1.82) is 0 Å². The van der Waals surface area contributed by atoms with Gasteiger partial charge in [-0.3, -0.25) is 9.69 Å². The summed E-state index contributed by atoms with van der Waals surface area (Å²) >= 11 is 5.50. The first-order valence-corrected chi connectivity index (χ1v) is 6.00. The van der Waals surface area contributed by atoms with E-state index in [0.717, 1.165) is 13.1 Å². The Morgan fingerprint density at radius 1 is 1.35 bits per heavy atom. The molecule has 98 valence electrons. The van der Waals surface area contributed by atoms with Crippen LogP contribution in [0.5, 0.6) is 0 Å². The molecule has 0 spiro atoms. The molecule has 1 saturated heterocycles. The fourth-order valence-corrected chi connectivity index (χ4v) is 1.87. The van der Waals surface area contributed by atoms with Crippen LogP contribution in [0.4, 0.5) is 0 Å². The highest BCUT2D eigenvalue weighted by molar-refractivity contribution is 6.18. The van der Waals surface area contributed by atoms with Crippen LogP contribution in [0.25, 0.3) is 0 Å². The lowest BCUT2D eigenvalue weighted by atomic mass is 10.3. The predicted molar refractivity (Wildman–Crippen MR) is 61.3 cm³/mol. The molecule has 17 heavy (non-hydrogen) atoms. The molecule has 0 unspecified atom stereocenters. The summed E-state index contributed by atoms with van der Waals surface area (Å²) in [7, 11) is 0. The Labute approximate surface area is 104 Å². The zero-order chi connectivity index (χ0) is 12.7. The summed E-state index contributed by atoms with van der Waals surface area (Å²) in [5.41, 5.74) is 0. The average molecular weight is 266 g/mol. The van der Waals surface area contributed by atoms with E-state index in [2.05, 4.69) is 4.84 Å². The van der Waals surface area contributed by atoms with E-state index in [0.29, 0.717) is 31.9 Å². The van der Waals surface area contributed by atoms with Gasteiger partial charge in [0.15, 0.2) is 0 Å². The number of amides is 1. The van der Waals surface area contributed by atoms with E-state index in [9.17, 15) is 14.9 Å². The van der Waals surface area contributed by atoms with Crippen LogP contribution in [-0.2, 0) is 9.63 Å². The highest BCUT2D eigenvalue weighted by Gasteiger charge is 2.20. The number of alkyl halides is 1. The fourth-order valence-electron chi connectivity index (χ4n) is 1.70. The summed E-state index contributed by atoms with van der Waals surface area (Å²) in [5.74, 6) is 0.414. The van der Waals surface area contributed by atoms with Gasteiger partial charge in [-0.05, 0) is 0 Å². The summed E-state index contributed by atoms with van der Waals surface area (Å²) in [5, 5.41) is 9.16. The van der Waals surface area contributed by atoms with Crippen molar-refractivity contribution in [3.8, 4) is 0 Å². The minimum atomic E-state index is -0.791. The van der Waals surface area contributed by atoms with Crippen LogP contribution < -0.4 is 0 Å². The van der Waals surface area contributed by atoms with Crippen molar-refractivity contribution in [1.82, 2.24) is 9.80 Å². The maximum Gasteiger partial charge on any atom is 0.294 e. The van der Waals surface area contributed by atoms with E-state index in [1.54, 1.807) is 4.90 Å². The van der Waals surface area contributed by atoms with Crippen molar-refractivity contribution >= 4 is 17.5 Å². The Bertz CT molecular complexity index is 269. The summed E-state index contributed by atoms with van der Waals surface area (Å²) < 4.78 is 0. The van der Waals surface area contributed by atoms with Crippen molar-refractivity contribution in [2.24, 2.45) is 0 Å². The van der Waals surface area contributed by atoms with Crippen molar-refractivity contribution in [2.45, 2.75) is 6.42 Å². The minimum absolute atomic E-state index is 0.0705. The van der Waals surface area contributed by atoms with Crippen LogP contribution in [0.15, 0.2) is 0 Å². The maximum absolute atomic E-state index is 11.5. The zero-order valence-corrected chi connectivity index (χ0v) is 10.3. The van der Waals surface area contributed by atoms with Gasteiger partial charge in [0, 0.05) is 45.0 Å². The molecule has 0 aromatic rings. The van der Waals surface area contributed by atoms with Crippen molar-refractivity contribution < 1.29 is 14.7 Å². The van der Waals surface area contributed by atoms with E-state index in [-0.39, 0.29) is 12.5 Å². The Hall–Kier alpha value is -1.08. The van der Waals surface area contributed by atoms with Crippen LogP contribution in [0.1, 0.15) is 6.42 Å². The molecule has 1 amide bonds. The van der Waals surface area contributed by atoms with E-state index >= 15 is 0 Å². The molecule has 8 heteroatoms. The normalized spacial score (nSPS) is 16.9. The summed E-state index contributed by atoms with van der Waals surface area (Å²) in [6.07, 6.45) is 0.367. The first-order chi connectivity index (χ1) is 8.13. The lowest BCUT2D eigenvalue weighted by molar-refractivity contribution is -0.757. The lowest BCUT2D eigenvalue weighted by Gasteiger charge is -2.34. The maximum atomic E-state index is 11.5. The van der Waals surface area contributed by atoms with Gasteiger partial charge in [0.05, 0.1) is 0 Å². The number of piperazine rings is 1. The fraction of sp³-hybridized carbons (Fsp3) is 0.889. The number of carbonyl (C=O) groups is 1. The monoisotopic (exact) mass is 265 g/mol. The van der Waals surface area contributed by atoms with Crippen LogP contribution in [0.3, 0.4) is 0 Å². The Balaban J connectivity index is 2.17. The quantitative estimate of drug-likeness (QED) is 0.383. The number of hydrogen-bond acceptors (Lipinski definition) is 5. The second-order valence-electron chi connectivity index (χ2n) is 3.72. The van der Waals surface area contributed by atoms with Crippen molar-refractivity contribution in [3.05, 3.63) is 10.1 Å². The smallest absolute Gasteiger partial charge is 0.294 e. The molecule has 0 aromatic carbocycles. The third kappa shape index (κ3) is 5.18. The van der Waals surface area contributed by atoms with Crippen LogP contribution >= 0.6 is 11.6 Å². The predicted octanol–water partition coefficient (Wildman–Crippen LogP) is -0.0322. The summed E-state index contributed by atoms with van der Waals surface area (Å²) in [6.45, 7) is 3.31. The van der Waals surface area contributed by atoms with Crippen molar-refractivity contribution in [3.63, 3.8) is 0 Å². The molecule has 1 aliphatic heterocycles. The average Bonchev–Trinajstić information content (AvgIpc) is 2.30. The van der Waals surface area contributed by atoms with E-state index in [1.165, 1.54) is 0 Å². The van der Waals surface area contributed by atoms with Crippen LogP contribution in [-0.4, -0.2) is 66.0 Å². The van der Waals surface area contributed by atoms with Crippen LogP contribution in [0.2, 0.25) is 0 Å². The zero-order valence-electron chi connectivity index (χ0n) is 9.51. The van der Waals surface area contributed by atoms with Gasteiger partial charge in [0.2, 0.25) is 5.91 Å². The Morgan fingerprint density at radius 3 is 2.53 bits per heavy atom. The van der Waals surface area contributed by atoms with Crippen molar-refractivity contribution in [2.75, 3.05) is 45.2 Å². The van der Waals surface area contributed by atoms with E-state index in [4.69, 9.17) is 11.6 Å². The molecule has 0 atom stereocenters. The molecule has 1 fully saturated rings. The highest BCUT2D eigenvalue weighted by Crippen LogP contribution is 2.04. The first kappa shape index (κ1) is 14.0. The van der Waals surface area contributed by atoms with Gasteiger partial charge in [-0.25, -0.2) is 0 Å². The third-order valence-electron chi connectivity index (χ3n) is 2.64. The van der Waals surface area contributed by atoms with Gasteiger partial charge < -0.3 is 9.74 Å². The Morgan fingerprint density at radius 2 is 2.00 bits per heavy atom. The second-order valence-corrected chi connectivity index (χ2v) is 4.10. The molecule has 1 rings (SSSR count). The van der Waals surface area contributed by atoms with Gasteiger partial charge in [-0.15, -0.1) is 21.7 Å². The molecule has 0 N–H and O–H groups in total. The largest absolute Gasteiger partial charge is 0.340 e. The minimum Gasteiger partial charge on any atom is -0.340 e. The molecule has 7 nitrogen and oxygen atoms in total. The molecular formula is C9H16ClN3O4. The van der Waals surface area contributed by atoms with Gasteiger partial charge in [0.25, 0.3) is 5.09 Å². The second kappa shape index (κ2) is 7.29. The molecule has 0 aliphatic carbocycles. The summed E-state index contributed by atoms with van der Waals surface area (Å²) in [4.78, 5) is 29.5. The molecule has 1 aliphatic rings. The molecule has 1 heterocycles. The SMILES string of the molecule is O=C(CCCl)N1CCN(CCO[N+](=O)[O-])CC1.